The third-order valence-electron chi connectivity index (χ3n) is 4.08. The molecule has 4 aromatic rings. The molecule has 0 aliphatic heterocycles. The molecule has 25 heavy (non-hydrogen) atoms. The summed E-state index contributed by atoms with van der Waals surface area (Å²) in [5.41, 5.74) is 5.22. The van der Waals surface area contributed by atoms with Crippen LogP contribution in [-0.4, -0.2) is 10.1 Å². The van der Waals surface area contributed by atoms with Gasteiger partial charge >= 0.3 is 0 Å². The van der Waals surface area contributed by atoms with E-state index in [0.717, 1.165) is 27.8 Å². The molecular formula is C21H17N3O. The summed E-state index contributed by atoms with van der Waals surface area (Å²) in [6.07, 6.45) is 0. The van der Waals surface area contributed by atoms with Crippen LogP contribution in [0, 0.1) is 6.92 Å². The van der Waals surface area contributed by atoms with Crippen molar-refractivity contribution in [1.82, 2.24) is 4.98 Å². The fourth-order valence-electron chi connectivity index (χ4n) is 2.83. The fraction of sp³-hybridized carbons (Fsp3) is 0.0476. The van der Waals surface area contributed by atoms with Gasteiger partial charge in [-0.25, -0.2) is 0 Å². The zero-order chi connectivity index (χ0) is 17.2. The standard InChI is InChI=1S/C21H17N3O/c1-14-5-4-7-16(11-14)23-24-17-9-10-21(25)18(13-17)20-12-15-6-2-3-8-19(15)22-20/h2-13,22,25H,1H3. The fourth-order valence-corrected chi connectivity index (χ4v) is 2.83. The highest BCUT2D eigenvalue weighted by atomic mass is 16.3. The highest BCUT2D eigenvalue weighted by Gasteiger charge is 2.09. The van der Waals surface area contributed by atoms with Gasteiger partial charge in [0, 0.05) is 16.5 Å². The average molecular weight is 327 g/mol. The summed E-state index contributed by atoms with van der Waals surface area (Å²) in [5, 5.41) is 19.9. The largest absolute Gasteiger partial charge is 0.507 e. The van der Waals surface area contributed by atoms with Crippen LogP contribution in [0.4, 0.5) is 11.4 Å². The molecule has 0 saturated heterocycles. The van der Waals surface area contributed by atoms with E-state index in [0.29, 0.717) is 11.3 Å². The molecule has 4 nitrogen and oxygen atoms in total. The predicted molar refractivity (Wildman–Crippen MR) is 101 cm³/mol. The molecule has 1 heterocycles. The second-order valence-corrected chi connectivity index (χ2v) is 6.01. The van der Waals surface area contributed by atoms with Gasteiger partial charge in [-0.05, 0) is 55.0 Å². The lowest BCUT2D eigenvalue weighted by Crippen LogP contribution is -1.79. The van der Waals surface area contributed by atoms with Crippen LogP contribution in [0.25, 0.3) is 22.2 Å². The Morgan fingerprint density at radius 1 is 0.800 bits per heavy atom. The van der Waals surface area contributed by atoms with E-state index in [-0.39, 0.29) is 5.75 Å². The molecule has 0 aliphatic rings. The van der Waals surface area contributed by atoms with Crippen molar-refractivity contribution >= 4 is 22.3 Å². The molecule has 0 unspecified atom stereocenters. The minimum atomic E-state index is 0.209. The lowest BCUT2D eigenvalue weighted by Gasteiger charge is -2.03. The van der Waals surface area contributed by atoms with Crippen molar-refractivity contribution in [2.24, 2.45) is 10.2 Å². The van der Waals surface area contributed by atoms with Crippen LogP contribution < -0.4 is 0 Å². The maximum absolute atomic E-state index is 10.2. The van der Waals surface area contributed by atoms with Gasteiger partial charge in [0.15, 0.2) is 0 Å². The molecular weight excluding hydrogens is 310 g/mol. The summed E-state index contributed by atoms with van der Waals surface area (Å²) in [6.45, 7) is 2.02. The van der Waals surface area contributed by atoms with Crippen LogP contribution in [0.5, 0.6) is 5.75 Å². The first-order valence-corrected chi connectivity index (χ1v) is 8.08. The Morgan fingerprint density at radius 3 is 2.40 bits per heavy atom. The Hall–Kier alpha value is -3.40. The quantitative estimate of drug-likeness (QED) is 0.428. The lowest BCUT2D eigenvalue weighted by atomic mass is 10.1. The topological polar surface area (TPSA) is 60.7 Å². The minimum Gasteiger partial charge on any atom is -0.507 e. The number of fused-ring (bicyclic) bond motifs is 1. The van der Waals surface area contributed by atoms with Gasteiger partial charge in [-0.15, -0.1) is 0 Å². The molecule has 0 bridgehead atoms. The number of phenols is 1. The molecule has 0 amide bonds. The first kappa shape index (κ1) is 15.1. The first-order chi connectivity index (χ1) is 12.2. The van der Waals surface area contributed by atoms with Crippen molar-refractivity contribution < 1.29 is 5.11 Å². The van der Waals surface area contributed by atoms with Gasteiger partial charge < -0.3 is 10.1 Å². The summed E-state index contributed by atoms with van der Waals surface area (Å²) in [7, 11) is 0. The van der Waals surface area contributed by atoms with Crippen molar-refractivity contribution in [2.75, 3.05) is 0 Å². The maximum atomic E-state index is 10.2. The van der Waals surface area contributed by atoms with Crippen LogP contribution in [0.2, 0.25) is 0 Å². The molecule has 0 saturated carbocycles. The number of aromatic hydroxyl groups is 1. The molecule has 4 rings (SSSR count). The van der Waals surface area contributed by atoms with Crippen molar-refractivity contribution in [3.63, 3.8) is 0 Å². The number of nitrogens with one attached hydrogen (secondary N) is 1. The maximum Gasteiger partial charge on any atom is 0.125 e. The number of rotatable bonds is 3. The summed E-state index contributed by atoms with van der Waals surface area (Å²) in [4.78, 5) is 3.33. The second-order valence-electron chi connectivity index (χ2n) is 6.01. The summed E-state index contributed by atoms with van der Waals surface area (Å²) in [6, 6.07) is 23.1. The van der Waals surface area contributed by atoms with E-state index >= 15 is 0 Å². The van der Waals surface area contributed by atoms with Gasteiger partial charge in [0.25, 0.3) is 0 Å². The van der Waals surface area contributed by atoms with Gasteiger partial charge in [0.2, 0.25) is 0 Å². The zero-order valence-corrected chi connectivity index (χ0v) is 13.8. The number of H-pyrrole nitrogens is 1. The number of azo groups is 1. The number of aryl methyl sites for hydroxylation is 1. The van der Waals surface area contributed by atoms with E-state index in [2.05, 4.69) is 15.2 Å². The summed E-state index contributed by atoms with van der Waals surface area (Å²) < 4.78 is 0. The monoisotopic (exact) mass is 327 g/mol. The zero-order valence-electron chi connectivity index (χ0n) is 13.8. The Labute approximate surface area is 145 Å². The smallest absolute Gasteiger partial charge is 0.125 e. The van der Waals surface area contributed by atoms with Gasteiger partial charge in [-0.3, -0.25) is 0 Å². The van der Waals surface area contributed by atoms with E-state index in [1.165, 1.54) is 0 Å². The van der Waals surface area contributed by atoms with E-state index in [9.17, 15) is 5.11 Å². The van der Waals surface area contributed by atoms with Crippen molar-refractivity contribution in [3.05, 3.63) is 78.4 Å². The normalized spacial score (nSPS) is 11.4. The van der Waals surface area contributed by atoms with Gasteiger partial charge in [-0.1, -0.05) is 30.3 Å². The van der Waals surface area contributed by atoms with Crippen LogP contribution in [-0.2, 0) is 0 Å². The minimum absolute atomic E-state index is 0.209. The van der Waals surface area contributed by atoms with Gasteiger partial charge in [0.05, 0.1) is 17.1 Å². The Bertz CT molecular complexity index is 1050. The predicted octanol–water partition coefficient (Wildman–Crippen LogP) is 6.26. The number of phenolic OH excluding ortho intramolecular Hbond substituents is 1. The van der Waals surface area contributed by atoms with Crippen molar-refractivity contribution in [1.29, 1.82) is 0 Å². The Morgan fingerprint density at radius 2 is 1.60 bits per heavy atom. The first-order valence-electron chi connectivity index (χ1n) is 8.08. The molecule has 0 radical (unpaired) electrons. The Kier molecular flexibility index (Phi) is 3.78. The van der Waals surface area contributed by atoms with Crippen LogP contribution in [0.3, 0.4) is 0 Å². The third-order valence-corrected chi connectivity index (χ3v) is 4.08. The molecule has 0 spiro atoms. The molecule has 0 aliphatic carbocycles. The van der Waals surface area contributed by atoms with Crippen molar-refractivity contribution in [3.8, 4) is 17.0 Å². The number of para-hydroxylation sites is 1. The molecule has 3 aromatic carbocycles. The average Bonchev–Trinajstić information content (AvgIpc) is 3.05. The molecule has 4 heteroatoms. The van der Waals surface area contributed by atoms with Gasteiger partial charge in [0.1, 0.15) is 5.75 Å². The number of aromatic nitrogens is 1. The molecule has 0 atom stereocenters. The molecule has 1 aromatic heterocycles. The van der Waals surface area contributed by atoms with Gasteiger partial charge in [-0.2, -0.15) is 10.2 Å². The van der Waals surface area contributed by atoms with E-state index in [1.54, 1.807) is 12.1 Å². The summed E-state index contributed by atoms with van der Waals surface area (Å²) >= 11 is 0. The number of benzene rings is 3. The van der Waals surface area contributed by atoms with Crippen LogP contribution >= 0.6 is 0 Å². The van der Waals surface area contributed by atoms with Crippen LogP contribution in [0.1, 0.15) is 5.56 Å². The highest BCUT2D eigenvalue weighted by Crippen LogP contribution is 2.34. The molecule has 122 valence electrons. The van der Waals surface area contributed by atoms with Crippen LogP contribution in [0.15, 0.2) is 83.0 Å². The molecule has 0 fully saturated rings. The van der Waals surface area contributed by atoms with Crippen molar-refractivity contribution in [2.45, 2.75) is 6.92 Å². The number of hydrogen-bond acceptors (Lipinski definition) is 3. The number of nitrogens with zero attached hydrogens (tertiary/aromatic N) is 2. The Balaban J connectivity index is 1.71. The molecule has 2 N–H and O–H groups in total. The SMILES string of the molecule is Cc1cccc(N=Nc2ccc(O)c(-c3cc4ccccc4[nH]3)c2)c1. The third kappa shape index (κ3) is 3.15. The van der Waals surface area contributed by atoms with E-state index < -0.39 is 0 Å². The highest BCUT2D eigenvalue weighted by molar-refractivity contribution is 5.87. The summed E-state index contributed by atoms with van der Waals surface area (Å²) in [5.74, 6) is 0.209. The second kappa shape index (κ2) is 6.24. The van der Waals surface area contributed by atoms with E-state index in [4.69, 9.17) is 0 Å². The lowest BCUT2D eigenvalue weighted by molar-refractivity contribution is 0.477. The van der Waals surface area contributed by atoms with E-state index in [1.807, 2.05) is 67.6 Å². The number of hydrogen-bond donors (Lipinski definition) is 2. The number of aromatic amines is 1.